The Morgan fingerprint density at radius 3 is 2.82 bits per heavy atom. The zero-order valence-electron chi connectivity index (χ0n) is 10.2. The summed E-state index contributed by atoms with van der Waals surface area (Å²) in [5, 5.41) is 0. The van der Waals surface area contributed by atoms with Crippen molar-refractivity contribution in [2.75, 3.05) is 6.61 Å². The van der Waals surface area contributed by atoms with Gasteiger partial charge in [0.15, 0.2) is 0 Å². The van der Waals surface area contributed by atoms with Crippen molar-refractivity contribution in [3.05, 3.63) is 34.4 Å². The molecular weight excluding hydrogens is 218 g/mol. The molecule has 1 aromatic rings. The number of benzene rings is 1. The molecule has 0 saturated carbocycles. The number of carbonyl (C=O) groups is 1. The van der Waals surface area contributed by atoms with Crippen molar-refractivity contribution < 1.29 is 14.3 Å². The fraction of sp³-hybridized carbons (Fsp3) is 0.462. The maximum Gasteiger partial charge on any atom is 0.338 e. The summed E-state index contributed by atoms with van der Waals surface area (Å²) in [6.07, 6.45) is 0.442. The fourth-order valence-corrected chi connectivity index (χ4v) is 2.22. The Balaban J connectivity index is 0.000000514. The summed E-state index contributed by atoms with van der Waals surface area (Å²) in [5.41, 5.74) is 9.63. The molecule has 0 spiro atoms. The van der Waals surface area contributed by atoms with Gasteiger partial charge in [-0.05, 0) is 23.6 Å². The van der Waals surface area contributed by atoms with Crippen molar-refractivity contribution in [2.24, 2.45) is 5.73 Å². The minimum absolute atomic E-state index is 0.229. The van der Waals surface area contributed by atoms with Crippen LogP contribution in [-0.2, 0) is 22.5 Å². The van der Waals surface area contributed by atoms with Gasteiger partial charge in [-0.1, -0.05) is 19.9 Å². The lowest BCUT2D eigenvalue weighted by Crippen LogP contribution is -2.24. The van der Waals surface area contributed by atoms with Gasteiger partial charge in [-0.3, -0.25) is 0 Å². The number of hydrogen-bond acceptors (Lipinski definition) is 4. The second-order valence-electron chi connectivity index (χ2n) is 3.78. The number of carbonyl (C=O) groups excluding carboxylic acids is 1. The van der Waals surface area contributed by atoms with E-state index in [-0.39, 0.29) is 12.2 Å². The first-order chi connectivity index (χ1) is 8.27. The molecule has 2 aliphatic rings. The Kier molecular flexibility index (Phi) is 3.45. The molecular formula is C13H17NO3. The van der Waals surface area contributed by atoms with Crippen molar-refractivity contribution in [2.45, 2.75) is 33.1 Å². The van der Waals surface area contributed by atoms with Crippen LogP contribution in [0.5, 0.6) is 0 Å². The molecule has 0 fully saturated rings. The number of rotatable bonds is 0. The molecule has 0 saturated heterocycles. The van der Waals surface area contributed by atoms with Gasteiger partial charge in [-0.25, -0.2) is 4.79 Å². The number of cyclic esters (lactones) is 1. The van der Waals surface area contributed by atoms with Crippen LogP contribution in [0, 0.1) is 0 Å². The third-order valence-electron chi connectivity index (χ3n) is 2.99. The highest BCUT2D eigenvalue weighted by molar-refractivity contribution is 5.94. The Morgan fingerprint density at radius 2 is 2.06 bits per heavy atom. The van der Waals surface area contributed by atoms with E-state index < -0.39 is 0 Å². The molecule has 1 atom stereocenters. The van der Waals surface area contributed by atoms with E-state index in [9.17, 15) is 4.79 Å². The van der Waals surface area contributed by atoms with Gasteiger partial charge in [0.1, 0.15) is 12.8 Å². The highest BCUT2D eigenvalue weighted by Crippen LogP contribution is 2.32. The molecule has 2 heterocycles. The molecule has 17 heavy (non-hydrogen) atoms. The Bertz CT molecular complexity index is 443. The molecule has 3 rings (SSSR count). The third-order valence-corrected chi connectivity index (χ3v) is 2.99. The van der Waals surface area contributed by atoms with Crippen LogP contribution in [0.15, 0.2) is 12.1 Å². The molecule has 0 amide bonds. The fourth-order valence-electron chi connectivity index (χ4n) is 2.22. The van der Waals surface area contributed by atoms with E-state index in [2.05, 4.69) is 0 Å². The van der Waals surface area contributed by atoms with Crippen molar-refractivity contribution in [1.29, 1.82) is 0 Å². The minimum Gasteiger partial charge on any atom is -0.457 e. The summed E-state index contributed by atoms with van der Waals surface area (Å²) in [5.74, 6) is -0.229. The van der Waals surface area contributed by atoms with Gasteiger partial charge in [-0.15, -0.1) is 0 Å². The summed E-state index contributed by atoms with van der Waals surface area (Å²) < 4.78 is 10.3. The molecule has 92 valence electrons. The predicted octanol–water partition coefficient (Wildman–Crippen LogP) is 1.91. The molecule has 0 aliphatic carbocycles. The maximum atomic E-state index is 11.3. The molecule has 2 N–H and O–H groups in total. The minimum atomic E-state index is -0.366. The normalized spacial score (nSPS) is 20.9. The molecule has 4 heteroatoms. The van der Waals surface area contributed by atoms with E-state index in [0.29, 0.717) is 18.8 Å². The zero-order valence-corrected chi connectivity index (χ0v) is 10.2. The molecule has 0 bridgehead atoms. The van der Waals surface area contributed by atoms with Gasteiger partial charge in [0.05, 0.1) is 12.2 Å². The molecule has 4 nitrogen and oxygen atoms in total. The van der Waals surface area contributed by atoms with Crippen LogP contribution in [0.25, 0.3) is 0 Å². The molecule has 2 aliphatic heterocycles. The van der Waals surface area contributed by atoms with Crippen LogP contribution in [0.3, 0.4) is 0 Å². The van der Waals surface area contributed by atoms with Gasteiger partial charge in [0.2, 0.25) is 0 Å². The van der Waals surface area contributed by atoms with Crippen LogP contribution in [-0.4, -0.2) is 12.6 Å². The Hall–Kier alpha value is -1.39. The van der Waals surface area contributed by atoms with E-state index >= 15 is 0 Å². The van der Waals surface area contributed by atoms with E-state index in [1.165, 1.54) is 0 Å². The highest BCUT2D eigenvalue weighted by atomic mass is 16.5. The lowest BCUT2D eigenvalue weighted by Gasteiger charge is -2.24. The van der Waals surface area contributed by atoms with Gasteiger partial charge >= 0.3 is 5.97 Å². The number of esters is 1. The maximum absolute atomic E-state index is 11.3. The number of fused-ring (bicyclic) bond motifs is 3. The first-order valence-electron chi connectivity index (χ1n) is 5.96. The van der Waals surface area contributed by atoms with Crippen molar-refractivity contribution in [3.63, 3.8) is 0 Å². The van der Waals surface area contributed by atoms with E-state index in [1.807, 2.05) is 19.9 Å². The number of ether oxygens (including phenoxy) is 2. The van der Waals surface area contributed by atoms with Gasteiger partial charge in [-0.2, -0.15) is 0 Å². The van der Waals surface area contributed by atoms with Crippen LogP contribution in [0.1, 0.15) is 47.1 Å². The van der Waals surface area contributed by atoms with Crippen molar-refractivity contribution in [1.82, 2.24) is 0 Å². The summed E-state index contributed by atoms with van der Waals surface area (Å²) in [6, 6.07) is 3.64. The summed E-state index contributed by atoms with van der Waals surface area (Å²) in [7, 11) is 0. The summed E-state index contributed by atoms with van der Waals surface area (Å²) in [6.45, 7) is 4.99. The molecule has 1 aromatic carbocycles. The van der Waals surface area contributed by atoms with Gasteiger partial charge in [0, 0.05) is 5.56 Å². The first kappa shape index (κ1) is 12.1. The number of nitrogens with two attached hydrogens (primary N) is 1. The summed E-state index contributed by atoms with van der Waals surface area (Å²) in [4.78, 5) is 11.3. The summed E-state index contributed by atoms with van der Waals surface area (Å²) >= 11 is 0. The van der Waals surface area contributed by atoms with Crippen LogP contribution < -0.4 is 5.73 Å². The SMILES string of the molecule is CC.NC1OCCc2c1ccc1c2COC1=O. The lowest BCUT2D eigenvalue weighted by molar-refractivity contribution is 0.0462. The van der Waals surface area contributed by atoms with Crippen LogP contribution in [0.2, 0.25) is 0 Å². The standard InChI is InChI=1S/C11H11NO3.C2H6/c12-10-7-1-2-8-9(5-15-11(8)13)6(7)3-4-14-10;1-2/h1-2,10H,3-5,12H2;1-2H3. The van der Waals surface area contributed by atoms with Crippen molar-refractivity contribution >= 4 is 5.97 Å². The molecule has 1 unspecified atom stereocenters. The average molecular weight is 235 g/mol. The third kappa shape index (κ3) is 1.94. The second-order valence-corrected chi connectivity index (χ2v) is 3.78. The predicted molar refractivity (Wildman–Crippen MR) is 63.5 cm³/mol. The molecule has 0 radical (unpaired) electrons. The largest absolute Gasteiger partial charge is 0.457 e. The Morgan fingerprint density at radius 1 is 1.29 bits per heavy atom. The highest BCUT2D eigenvalue weighted by Gasteiger charge is 2.28. The van der Waals surface area contributed by atoms with E-state index in [0.717, 1.165) is 23.1 Å². The van der Waals surface area contributed by atoms with E-state index in [1.54, 1.807) is 6.07 Å². The van der Waals surface area contributed by atoms with E-state index in [4.69, 9.17) is 15.2 Å². The first-order valence-corrected chi connectivity index (χ1v) is 5.96. The Labute approximate surface area is 101 Å². The van der Waals surface area contributed by atoms with Gasteiger partial charge < -0.3 is 15.2 Å². The quantitative estimate of drug-likeness (QED) is 0.698. The van der Waals surface area contributed by atoms with Crippen LogP contribution in [0.4, 0.5) is 0 Å². The number of hydrogen-bond donors (Lipinski definition) is 1. The van der Waals surface area contributed by atoms with Crippen LogP contribution >= 0.6 is 0 Å². The smallest absolute Gasteiger partial charge is 0.338 e. The zero-order chi connectivity index (χ0) is 12.4. The average Bonchev–Trinajstić information content (AvgIpc) is 2.75. The topological polar surface area (TPSA) is 61.6 Å². The molecule has 0 aromatic heterocycles. The second kappa shape index (κ2) is 4.85. The lowest BCUT2D eigenvalue weighted by atomic mass is 9.93. The monoisotopic (exact) mass is 235 g/mol. The van der Waals surface area contributed by atoms with Crippen molar-refractivity contribution in [3.8, 4) is 0 Å². The van der Waals surface area contributed by atoms with Gasteiger partial charge in [0.25, 0.3) is 0 Å².